The van der Waals surface area contributed by atoms with Crippen LogP contribution in [0.2, 0.25) is 0 Å². The maximum Gasteiger partial charge on any atom is 0.416 e. The van der Waals surface area contributed by atoms with E-state index in [2.05, 4.69) is 25.4 Å². The summed E-state index contributed by atoms with van der Waals surface area (Å²) >= 11 is 0. The molecule has 0 saturated carbocycles. The van der Waals surface area contributed by atoms with Crippen LogP contribution in [-0.2, 0) is 12.7 Å². The lowest BCUT2D eigenvalue weighted by atomic mass is 10.1. The number of halogens is 3. The molecule has 194 valence electrons. The van der Waals surface area contributed by atoms with Crippen LogP contribution < -0.4 is 15.8 Å². The molecule has 38 heavy (non-hydrogen) atoms. The van der Waals surface area contributed by atoms with E-state index in [1.807, 2.05) is 13.0 Å². The van der Waals surface area contributed by atoms with Crippen molar-refractivity contribution in [3.8, 4) is 17.1 Å². The number of nitrogens with two attached hydrogens (primary N) is 1. The van der Waals surface area contributed by atoms with Crippen molar-refractivity contribution >= 4 is 23.1 Å². The summed E-state index contributed by atoms with van der Waals surface area (Å²) in [5.74, 6) is 0.179. The number of benzene rings is 1. The summed E-state index contributed by atoms with van der Waals surface area (Å²) in [5.41, 5.74) is 8.88. The van der Waals surface area contributed by atoms with E-state index < -0.39 is 17.6 Å². The largest absolute Gasteiger partial charge is 0.480 e. The summed E-state index contributed by atoms with van der Waals surface area (Å²) < 4.78 is 46.9. The van der Waals surface area contributed by atoms with Crippen molar-refractivity contribution in [1.82, 2.24) is 29.1 Å². The quantitative estimate of drug-likeness (QED) is 0.342. The minimum atomic E-state index is -4.40. The lowest BCUT2D eigenvalue weighted by Gasteiger charge is -2.10. The number of ether oxygens (including phenoxy) is 1. The van der Waals surface area contributed by atoms with Gasteiger partial charge in [0.1, 0.15) is 17.4 Å². The number of fused-ring (bicyclic) bond motifs is 1. The summed E-state index contributed by atoms with van der Waals surface area (Å²) in [5, 5.41) is 6.98. The fraction of sp³-hybridized carbons (Fsp3) is 0.160. The molecular weight excluding hydrogens is 501 g/mol. The SMILES string of the molecule is COc1ncc(-c2cc(C)c3c(N)ncnn23)cc1C(=O)Nc1cn(Cc2ccc(C(F)(F)F)cc2)cn1. The van der Waals surface area contributed by atoms with Gasteiger partial charge in [0.25, 0.3) is 5.91 Å². The van der Waals surface area contributed by atoms with Crippen molar-refractivity contribution < 1.29 is 22.7 Å². The number of nitrogens with one attached hydrogen (secondary N) is 1. The van der Waals surface area contributed by atoms with Gasteiger partial charge < -0.3 is 20.4 Å². The van der Waals surface area contributed by atoms with Crippen LogP contribution in [0.15, 0.2) is 61.4 Å². The average molecular weight is 522 g/mol. The van der Waals surface area contributed by atoms with Crippen LogP contribution in [-0.4, -0.2) is 42.2 Å². The molecule has 0 fully saturated rings. The third kappa shape index (κ3) is 4.73. The molecule has 5 rings (SSSR count). The van der Waals surface area contributed by atoms with Gasteiger partial charge in [0.2, 0.25) is 5.88 Å². The second-order valence-electron chi connectivity index (χ2n) is 8.48. The molecule has 0 atom stereocenters. The van der Waals surface area contributed by atoms with Gasteiger partial charge in [0.15, 0.2) is 11.6 Å². The fourth-order valence-corrected chi connectivity index (χ4v) is 4.08. The van der Waals surface area contributed by atoms with E-state index in [1.165, 1.54) is 31.9 Å². The zero-order valence-corrected chi connectivity index (χ0v) is 20.2. The van der Waals surface area contributed by atoms with E-state index in [0.29, 0.717) is 28.2 Å². The van der Waals surface area contributed by atoms with Crippen LogP contribution in [0.25, 0.3) is 16.8 Å². The predicted molar refractivity (Wildman–Crippen MR) is 133 cm³/mol. The molecule has 0 aliphatic rings. The Hall–Kier alpha value is -4.94. The molecule has 5 aromatic rings. The molecule has 0 saturated heterocycles. The number of nitrogens with zero attached hydrogens (tertiary/aromatic N) is 6. The third-order valence-corrected chi connectivity index (χ3v) is 5.88. The number of aromatic nitrogens is 6. The average Bonchev–Trinajstić information content (AvgIpc) is 3.47. The zero-order chi connectivity index (χ0) is 27.0. The minimum Gasteiger partial charge on any atom is -0.480 e. The van der Waals surface area contributed by atoms with E-state index in [9.17, 15) is 18.0 Å². The monoisotopic (exact) mass is 522 g/mol. The molecule has 10 nitrogen and oxygen atoms in total. The number of pyridine rings is 1. The van der Waals surface area contributed by atoms with Gasteiger partial charge in [-0.05, 0) is 42.3 Å². The van der Waals surface area contributed by atoms with Crippen LogP contribution in [0.3, 0.4) is 0 Å². The second-order valence-corrected chi connectivity index (χ2v) is 8.48. The number of hydrogen-bond acceptors (Lipinski definition) is 7. The molecular formula is C25H21F3N8O2. The molecule has 0 unspecified atom stereocenters. The molecule has 1 amide bonds. The highest BCUT2D eigenvalue weighted by atomic mass is 19.4. The highest BCUT2D eigenvalue weighted by Gasteiger charge is 2.30. The first-order valence-corrected chi connectivity index (χ1v) is 11.3. The summed E-state index contributed by atoms with van der Waals surface area (Å²) in [6, 6.07) is 8.34. The zero-order valence-electron chi connectivity index (χ0n) is 20.2. The molecule has 4 aromatic heterocycles. The van der Waals surface area contributed by atoms with Crippen molar-refractivity contribution in [2.24, 2.45) is 0 Å². The van der Waals surface area contributed by atoms with Crippen molar-refractivity contribution in [2.75, 3.05) is 18.2 Å². The van der Waals surface area contributed by atoms with Crippen LogP contribution >= 0.6 is 0 Å². The summed E-state index contributed by atoms with van der Waals surface area (Å²) in [6.45, 7) is 2.15. The van der Waals surface area contributed by atoms with Gasteiger partial charge in [-0.15, -0.1) is 0 Å². The molecule has 4 heterocycles. The van der Waals surface area contributed by atoms with Crippen molar-refractivity contribution in [2.45, 2.75) is 19.6 Å². The first-order chi connectivity index (χ1) is 18.1. The lowest BCUT2D eigenvalue weighted by Crippen LogP contribution is -2.14. The van der Waals surface area contributed by atoms with E-state index in [4.69, 9.17) is 10.5 Å². The molecule has 0 bridgehead atoms. The second kappa shape index (κ2) is 9.50. The maximum atomic E-state index is 13.2. The Bertz CT molecular complexity index is 1640. The smallest absolute Gasteiger partial charge is 0.416 e. The van der Waals surface area contributed by atoms with Gasteiger partial charge >= 0.3 is 6.18 Å². The number of alkyl halides is 3. The number of hydrogen-bond donors (Lipinski definition) is 2. The number of aryl methyl sites for hydroxylation is 1. The Morgan fingerprint density at radius 2 is 1.89 bits per heavy atom. The predicted octanol–water partition coefficient (Wildman–Crippen LogP) is 4.21. The maximum absolute atomic E-state index is 13.2. The topological polar surface area (TPSA) is 125 Å². The van der Waals surface area contributed by atoms with E-state index in [1.54, 1.807) is 27.5 Å². The van der Waals surface area contributed by atoms with Gasteiger partial charge in [0, 0.05) is 24.5 Å². The van der Waals surface area contributed by atoms with E-state index >= 15 is 0 Å². The number of amides is 1. The highest BCUT2D eigenvalue weighted by Crippen LogP contribution is 2.30. The number of imidazole rings is 1. The van der Waals surface area contributed by atoms with Crippen LogP contribution in [0, 0.1) is 6.92 Å². The molecule has 3 N–H and O–H groups in total. The molecule has 0 radical (unpaired) electrons. The fourth-order valence-electron chi connectivity index (χ4n) is 4.08. The van der Waals surface area contributed by atoms with Gasteiger partial charge in [-0.25, -0.2) is 19.5 Å². The van der Waals surface area contributed by atoms with Gasteiger partial charge in [0.05, 0.1) is 24.7 Å². The van der Waals surface area contributed by atoms with Crippen molar-refractivity contribution in [3.63, 3.8) is 0 Å². The number of carbonyl (C=O) groups is 1. The van der Waals surface area contributed by atoms with Gasteiger partial charge in [-0.3, -0.25) is 4.79 Å². The highest BCUT2D eigenvalue weighted by molar-refractivity contribution is 6.06. The van der Waals surface area contributed by atoms with E-state index in [-0.39, 0.29) is 23.8 Å². The Morgan fingerprint density at radius 3 is 2.61 bits per heavy atom. The standard InChI is InChI=1S/C25H21F3N8O2/c1-14-7-19(36-21(14)22(29)31-12-33-36)16-8-18(24(38-2)30-9-16)23(37)34-20-11-35(13-32-20)10-15-3-5-17(6-4-15)25(26,27)28/h3-9,11-13H,10H2,1-2H3,(H,34,37)(H2,29,31,33). The van der Waals surface area contributed by atoms with E-state index in [0.717, 1.165) is 17.7 Å². The Balaban J connectivity index is 1.37. The molecule has 1 aromatic carbocycles. The number of carbonyl (C=O) groups excluding carboxylic acids is 1. The van der Waals surface area contributed by atoms with Crippen LogP contribution in [0.4, 0.5) is 24.8 Å². The summed E-state index contributed by atoms with van der Waals surface area (Å²) in [6.07, 6.45) is 1.55. The number of nitrogen functional groups attached to an aromatic ring is 1. The lowest BCUT2D eigenvalue weighted by molar-refractivity contribution is -0.137. The number of anilines is 2. The Kier molecular flexibility index (Phi) is 6.18. The Morgan fingerprint density at radius 1 is 1.13 bits per heavy atom. The van der Waals surface area contributed by atoms with Gasteiger partial charge in [-0.1, -0.05) is 12.1 Å². The molecule has 0 spiro atoms. The normalized spacial score (nSPS) is 11.6. The number of methoxy groups -OCH3 is 1. The number of rotatable bonds is 6. The summed E-state index contributed by atoms with van der Waals surface area (Å²) in [7, 11) is 1.41. The Labute approximate surface area is 213 Å². The first-order valence-electron chi connectivity index (χ1n) is 11.3. The molecule has 13 heteroatoms. The minimum absolute atomic E-state index is 0.113. The summed E-state index contributed by atoms with van der Waals surface area (Å²) in [4.78, 5) is 25.7. The van der Waals surface area contributed by atoms with Crippen LogP contribution in [0.1, 0.15) is 27.0 Å². The third-order valence-electron chi connectivity index (χ3n) is 5.88. The first kappa shape index (κ1) is 24.7. The molecule has 0 aliphatic heterocycles. The van der Waals surface area contributed by atoms with Gasteiger partial charge in [-0.2, -0.15) is 18.3 Å². The van der Waals surface area contributed by atoms with Crippen LogP contribution in [0.5, 0.6) is 5.88 Å². The van der Waals surface area contributed by atoms with Crippen molar-refractivity contribution in [3.05, 3.63) is 83.7 Å². The molecule has 0 aliphatic carbocycles. The van der Waals surface area contributed by atoms with Crippen molar-refractivity contribution in [1.29, 1.82) is 0 Å².